The number of anilines is 2. The van der Waals surface area contributed by atoms with Crippen molar-refractivity contribution in [2.45, 2.75) is 24.0 Å². The van der Waals surface area contributed by atoms with Gasteiger partial charge in [-0.25, -0.2) is 14.8 Å². The lowest BCUT2D eigenvalue weighted by Gasteiger charge is -2.18. The number of para-hydroxylation sites is 1. The highest BCUT2D eigenvalue weighted by atomic mass is 32.2. The summed E-state index contributed by atoms with van der Waals surface area (Å²) in [4.78, 5) is 35.3. The largest absolute Gasteiger partial charge is 0.507 e. The normalized spacial score (nSPS) is 16.9. The highest BCUT2D eigenvalue weighted by Gasteiger charge is 2.33. The highest BCUT2D eigenvalue weighted by Crippen LogP contribution is 2.33. The number of carbonyl (C=O) groups excluding carboxylic acids is 2. The van der Waals surface area contributed by atoms with Gasteiger partial charge in [-0.3, -0.25) is 9.69 Å². The highest BCUT2D eigenvalue weighted by molar-refractivity contribution is 8.00. The lowest BCUT2D eigenvalue weighted by Crippen LogP contribution is -2.28. The van der Waals surface area contributed by atoms with Crippen molar-refractivity contribution in [2.75, 3.05) is 36.2 Å². The van der Waals surface area contributed by atoms with Gasteiger partial charge in [0.2, 0.25) is 11.8 Å². The summed E-state index contributed by atoms with van der Waals surface area (Å²) in [6.07, 6.45) is -0.163. The number of rotatable bonds is 8. The second-order valence-electron chi connectivity index (χ2n) is 8.31. The number of nitrogens with zero attached hydrogens (tertiary/aromatic N) is 3. The first-order chi connectivity index (χ1) is 17.5. The van der Waals surface area contributed by atoms with Gasteiger partial charge in [-0.15, -0.1) is 11.8 Å². The summed E-state index contributed by atoms with van der Waals surface area (Å²) in [5, 5.41) is 16.8. The molecule has 3 N–H and O–H groups in total. The van der Waals surface area contributed by atoms with E-state index in [9.17, 15) is 14.7 Å². The number of hydrogen-bond acceptors (Lipinski definition) is 9. The number of fused-ring (bicyclic) bond motifs is 1. The Morgan fingerprint density at radius 2 is 2.06 bits per heavy atom. The Bertz CT molecular complexity index is 1300. The maximum absolute atomic E-state index is 12.4. The molecule has 2 aliphatic rings. The van der Waals surface area contributed by atoms with Crippen molar-refractivity contribution in [2.24, 2.45) is 0 Å². The van der Waals surface area contributed by atoms with E-state index in [0.717, 1.165) is 10.5 Å². The molecule has 5 rings (SSSR count). The van der Waals surface area contributed by atoms with E-state index in [0.29, 0.717) is 60.6 Å². The Morgan fingerprint density at radius 3 is 2.92 bits per heavy atom. The van der Waals surface area contributed by atoms with Gasteiger partial charge in [0.05, 0.1) is 30.0 Å². The number of aromatic nitrogens is 2. The number of methoxy groups -OCH3 is 1. The Hall–Kier alpha value is -3.83. The summed E-state index contributed by atoms with van der Waals surface area (Å²) in [7, 11) is 1.55. The molecule has 186 valence electrons. The van der Waals surface area contributed by atoms with Gasteiger partial charge in [-0.1, -0.05) is 18.2 Å². The standard InChI is InChI=1S/C25H25N5O5S/c1-34-22-7-3-6-18(27-22)17-5-2-4-15(23(17)32)12-26-11-10-16-13-30(25(33)35-16)20-9-8-19-24(28-20)29-21(31)14-36-19/h2-9,16,26,32H,10-14H2,1H3,(H,28,29,31)/t16-/m0/s1. The zero-order valence-corrected chi connectivity index (χ0v) is 20.4. The fraction of sp³-hybridized carbons (Fsp3) is 0.280. The van der Waals surface area contributed by atoms with E-state index in [2.05, 4.69) is 20.6 Å². The molecule has 0 radical (unpaired) electrons. The minimum atomic E-state index is -0.460. The van der Waals surface area contributed by atoms with Crippen LogP contribution in [0, 0.1) is 0 Å². The van der Waals surface area contributed by atoms with Crippen molar-refractivity contribution in [3.05, 3.63) is 54.1 Å². The number of carbonyl (C=O) groups is 2. The van der Waals surface area contributed by atoms with E-state index in [-0.39, 0.29) is 17.8 Å². The molecule has 4 heterocycles. The Morgan fingerprint density at radius 1 is 1.19 bits per heavy atom. The first kappa shape index (κ1) is 23.9. The van der Waals surface area contributed by atoms with Crippen molar-refractivity contribution in [3.8, 4) is 22.9 Å². The van der Waals surface area contributed by atoms with Gasteiger partial charge in [-0.2, -0.15) is 0 Å². The first-order valence-corrected chi connectivity index (χ1v) is 12.4. The predicted octanol–water partition coefficient (Wildman–Crippen LogP) is 3.41. The van der Waals surface area contributed by atoms with Crippen LogP contribution in [0.15, 0.2) is 53.4 Å². The molecule has 1 fully saturated rings. The van der Waals surface area contributed by atoms with Crippen LogP contribution in [0.4, 0.5) is 16.4 Å². The summed E-state index contributed by atoms with van der Waals surface area (Å²) in [5.41, 5.74) is 1.99. The lowest BCUT2D eigenvalue weighted by atomic mass is 10.1. The third-order valence-electron chi connectivity index (χ3n) is 5.90. The number of phenols is 1. The number of nitrogens with one attached hydrogen (secondary N) is 2. The zero-order valence-electron chi connectivity index (χ0n) is 19.6. The number of amides is 2. The monoisotopic (exact) mass is 507 g/mol. The third kappa shape index (κ3) is 5.07. The fourth-order valence-corrected chi connectivity index (χ4v) is 4.82. The van der Waals surface area contributed by atoms with Crippen molar-refractivity contribution in [1.29, 1.82) is 0 Å². The lowest BCUT2D eigenvalue weighted by molar-refractivity contribution is -0.113. The molecule has 0 unspecified atom stereocenters. The van der Waals surface area contributed by atoms with Crippen LogP contribution >= 0.6 is 11.8 Å². The van der Waals surface area contributed by atoms with Gasteiger partial charge < -0.3 is 25.2 Å². The summed E-state index contributed by atoms with van der Waals surface area (Å²) < 4.78 is 10.7. The minimum absolute atomic E-state index is 0.110. The molecule has 0 bridgehead atoms. The van der Waals surface area contributed by atoms with Gasteiger partial charge in [0, 0.05) is 23.7 Å². The molecule has 0 spiro atoms. The number of cyclic esters (lactones) is 1. The van der Waals surface area contributed by atoms with E-state index in [1.165, 1.54) is 16.7 Å². The summed E-state index contributed by atoms with van der Waals surface area (Å²) in [6, 6.07) is 14.5. The maximum Gasteiger partial charge on any atom is 0.415 e. The molecule has 0 saturated carbocycles. The second-order valence-corrected chi connectivity index (χ2v) is 9.33. The van der Waals surface area contributed by atoms with Crippen molar-refractivity contribution >= 4 is 35.4 Å². The molecule has 11 heteroatoms. The summed E-state index contributed by atoms with van der Waals surface area (Å²) in [6.45, 7) is 1.39. The number of phenolic OH excluding ortho intramolecular Hbond substituents is 1. The SMILES string of the molecule is COc1cccc(-c2cccc(CNCC[C@H]3CN(c4ccc5c(n4)NC(=O)CS5)C(=O)O3)c2O)n1. The van der Waals surface area contributed by atoms with Gasteiger partial charge >= 0.3 is 6.09 Å². The van der Waals surface area contributed by atoms with Crippen LogP contribution in [0.25, 0.3) is 11.3 Å². The smallest absolute Gasteiger partial charge is 0.415 e. The van der Waals surface area contributed by atoms with Crippen molar-refractivity contribution in [3.63, 3.8) is 0 Å². The van der Waals surface area contributed by atoms with Crippen LogP contribution < -0.4 is 20.3 Å². The number of benzene rings is 1. The number of pyridine rings is 2. The van der Waals surface area contributed by atoms with Gasteiger partial charge in [0.15, 0.2) is 0 Å². The number of aromatic hydroxyl groups is 1. The Balaban J connectivity index is 1.16. The maximum atomic E-state index is 12.4. The summed E-state index contributed by atoms with van der Waals surface area (Å²) in [5.74, 6) is 1.80. The van der Waals surface area contributed by atoms with E-state index in [1.54, 1.807) is 19.2 Å². The quantitative estimate of drug-likeness (QED) is 0.393. The van der Waals surface area contributed by atoms with E-state index in [4.69, 9.17) is 9.47 Å². The van der Waals surface area contributed by atoms with Crippen LogP contribution in [0.5, 0.6) is 11.6 Å². The van der Waals surface area contributed by atoms with Gasteiger partial charge in [0.25, 0.3) is 0 Å². The summed E-state index contributed by atoms with van der Waals surface area (Å²) >= 11 is 1.42. The van der Waals surface area contributed by atoms with Crippen LogP contribution in [-0.4, -0.2) is 59.1 Å². The minimum Gasteiger partial charge on any atom is -0.507 e. The van der Waals surface area contributed by atoms with E-state index < -0.39 is 6.09 Å². The number of thioether (sulfide) groups is 1. The molecule has 3 aromatic rings. The molecular weight excluding hydrogens is 482 g/mol. The van der Waals surface area contributed by atoms with Crippen LogP contribution in [-0.2, 0) is 16.1 Å². The van der Waals surface area contributed by atoms with Crippen LogP contribution in [0.1, 0.15) is 12.0 Å². The molecule has 1 aromatic carbocycles. The molecule has 10 nitrogen and oxygen atoms in total. The molecule has 36 heavy (non-hydrogen) atoms. The average Bonchev–Trinajstić information content (AvgIpc) is 3.27. The zero-order chi connectivity index (χ0) is 25.1. The Labute approximate surface area is 212 Å². The van der Waals surface area contributed by atoms with Gasteiger partial charge in [0.1, 0.15) is 23.5 Å². The topological polar surface area (TPSA) is 126 Å². The predicted molar refractivity (Wildman–Crippen MR) is 135 cm³/mol. The molecule has 2 aliphatic heterocycles. The average molecular weight is 508 g/mol. The molecule has 2 aromatic heterocycles. The molecule has 1 saturated heterocycles. The third-order valence-corrected chi connectivity index (χ3v) is 6.94. The molecular formula is C25H25N5O5S. The van der Waals surface area contributed by atoms with Crippen molar-refractivity contribution in [1.82, 2.24) is 15.3 Å². The molecule has 2 amide bonds. The molecule has 0 aliphatic carbocycles. The number of ether oxygens (including phenoxy) is 2. The fourth-order valence-electron chi connectivity index (χ4n) is 4.07. The van der Waals surface area contributed by atoms with Crippen molar-refractivity contribution < 1.29 is 24.2 Å². The molecule has 1 atom stereocenters. The Kier molecular flexibility index (Phi) is 6.92. The number of hydrogen-bond donors (Lipinski definition) is 3. The van der Waals surface area contributed by atoms with Crippen LogP contribution in [0.2, 0.25) is 0 Å². The van der Waals surface area contributed by atoms with E-state index in [1.807, 2.05) is 36.4 Å². The van der Waals surface area contributed by atoms with Gasteiger partial charge in [-0.05, 0) is 37.2 Å². The second kappa shape index (κ2) is 10.4. The van der Waals surface area contributed by atoms with Crippen LogP contribution in [0.3, 0.4) is 0 Å². The first-order valence-electron chi connectivity index (χ1n) is 11.5. The van der Waals surface area contributed by atoms with E-state index >= 15 is 0 Å².